The van der Waals surface area contributed by atoms with E-state index in [1.54, 1.807) is 12.5 Å². The van der Waals surface area contributed by atoms with Gasteiger partial charge in [-0.05, 0) is 25.7 Å². The van der Waals surface area contributed by atoms with Crippen LogP contribution in [-0.2, 0) is 6.54 Å². The Labute approximate surface area is 114 Å². The molecule has 0 radical (unpaired) electrons. The van der Waals surface area contributed by atoms with Crippen molar-refractivity contribution in [3.05, 3.63) is 54.5 Å². The Balaban J connectivity index is 2.10. The Hall–Kier alpha value is -1.94. The summed E-state index contributed by atoms with van der Waals surface area (Å²) in [6.45, 7) is 2.81. The first kappa shape index (κ1) is 13.5. The molecule has 0 bridgehead atoms. The maximum absolute atomic E-state index is 4.35. The van der Waals surface area contributed by atoms with E-state index < -0.39 is 0 Å². The zero-order chi connectivity index (χ0) is 13.5. The van der Waals surface area contributed by atoms with Gasteiger partial charge in [-0.15, -0.1) is 0 Å². The molecule has 0 saturated heterocycles. The van der Waals surface area contributed by atoms with Gasteiger partial charge in [0.1, 0.15) is 12.1 Å². The van der Waals surface area contributed by atoms with Gasteiger partial charge in [-0.3, -0.25) is 0 Å². The number of hydrogen-bond donors (Lipinski definition) is 0. The normalized spacial score (nSPS) is 10.7. The van der Waals surface area contributed by atoms with Crippen LogP contribution >= 0.6 is 0 Å². The second kappa shape index (κ2) is 6.85. The largest absolute Gasteiger partial charge is 0.351 e. The lowest BCUT2D eigenvalue weighted by Gasteiger charge is -2.25. The zero-order valence-electron chi connectivity index (χ0n) is 11.5. The molecule has 19 heavy (non-hydrogen) atoms. The molecule has 0 N–H and O–H groups in total. The Morgan fingerprint density at radius 1 is 1.00 bits per heavy atom. The van der Waals surface area contributed by atoms with Gasteiger partial charge in [-0.25, -0.2) is 9.97 Å². The van der Waals surface area contributed by atoms with Gasteiger partial charge in [-0.2, -0.15) is 0 Å². The quantitative estimate of drug-likeness (QED) is 0.792. The minimum absolute atomic E-state index is 0.867. The Bertz CT molecular complexity index is 470. The predicted molar refractivity (Wildman–Crippen MR) is 78.1 cm³/mol. The topological polar surface area (TPSA) is 32.3 Å². The molecule has 1 aromatic carbocycles. The Morgan fingerprint density at radius 2 is 1.79 bits per heavy atom. The molecular formula is C15H20N4. The number of benzene rings is 1. The molecule has 100 valence electrons. The molecule has 0 atom stereocenters. The molecule has 0 amide bonds. The predicted octanol–water partition coefficient (Wildman–Crippen LogP) is 2.04. The van der Waals surface area contributed by atoms with Crippen LogP contribution in [0.3, 0.4) is 0 Å². The molecule has 2 aromatic rings. The van der Waals surface area contributed by atoms with Crippen LogP contribution in [0.2, 0.25) is 0 Å². The number of nitrogens with zero attached hydrogens (tertiary/aromatic N) is 4. The summed E-state index contributed by atoms with van der Waals surface area (Å²) in [6, 6.07) is 12.4. The summed E-state index contributed by atoms with van der Waals surface area (Å²) in [4.78, 5) is 12.8. The van der Waals surface area contributed by atoms with Gasteiger partial charge >= 0.3 is 0 Å². The lowest BCUT2D eigenvalue weighted by Crippen LogP contribution is -2.31. The fourth-order valence-electron chi connectivity index (χ4n) is 1.87. The van der Waals surface area contributed by atoms with Crippen molar-refractivity contribution in [1.29, 1.82) is 0 Å². The van der Waals surface area contributed by atoms with Gasteiger partial charge < -0.3 is 9.80 Å². The zero-order valence-corrected chi connectivity index (χ0v) is 11.5. The first-order valence-electron chi connectivity index (χ1n) is 6.45. The van der Waals surface area contributed by atoms with Gasteiger partial charge in [-0.1, -0.05) is 30.3 Å². The number of likely N-dealkylation sites (N-methyl/N-ethyl adjacent to an activating group) is 1. The average molecular weight is 256 g/mol. The highest BCUT2D eigenvalue weighted by Gasteiger charge is 2.08. The van der Waals surface area contributed by atoms with Gasteiger partial charge in [0.25, 0.3) is 0 Å². The molecule has 0 aliphatic heterocycles. The van der Waals surface area contributed by atoms with Crippen molar-refractivity contribution >= 4 is 5.82 Å². The van der Waals surface area contributed by atoms with Gasteiger partial charge in [0, 0.05) is 25.8 Å². The summed E-state index contributed by atoms with van der Waals surface area (Å²) in [5, 5.41) is 0. The van der Waals surface area contributed by atoms with E-state index >= 15 is 0 Å². The maximum Gasteiger partial charge on any atom is 0.132 e. The lowest BCUT2D eigenvalue weighted by atomic mass is 10.2. The highest BCUT2D eigenvalue weighted by atomic mass is 15.2. The summed E-state index contributed by atoms with van der Waals surface area (Å²) in [6.07, 6.45) is 3.39. The summed E-state index contributed by atoms with van der Waals surface area (Å²) in [7, 11) is 4.17. The van der Waals surface area contributed by atoms with Gasteiger partial charge in [0.05, 0.1) is 0 Å². The third kappa shape index (κ3) is 4.34. The van der Waals surface area contributed by atoms with Gasteiger partial charge in [0.2, 0.25) is 0 Å². The van der Waals surface area contributed by atoms with E-state index in [1.165, 1.54) is 5.56 Å². The third-order valence-electron chi connectivity index (χ3n) is 2.92. The molecule has 0 aliphatic carbocycles. The Kier molecular flexibility index (Phi) is 4.86. The summed E-state index contributed by atoms with van der Waals surface area (Å²) in [5.41, 5.74) is 1.29. The molecule has 0 unspecified atom stereocenters. The maximum atomic E-state index is 4.35. The fourth-order valence-corrected chi connectivity index (χ4v) is 1.87. The van der Waals surface area contributed by atoms with E-state index in [0.29, 0.717) is 0 Å². The van der Waals surface area contributed by atoms with E-state index in [0.717, 1.165) is 25.5 Å². The van der Waals surface area contributed by atoms with Crippen molar-refractivity contribution < 1.29 is 0 Å². The van der Waals surface area contributed by atoms with Crippen LogP contribution < -0.4 is 4.90 Å². The van der Waals surface area contributed by atoms with Crippen molar-refractivity contribution in [1.82, 2.24) is 14.9 Å². The van der Waals surface area contributed by atoms with Crippen molar-refractivity contribution in [3.8, 4) is 0 Å². The minimum atomic E-state index is 0.867. The highest BCUT2D eigenvalue weighted by molar-refractivity contribution is 5.38. The van der Waals surface area contributed by atoms with Crippen molar-refractivity contribution in [2.45, 2.75) is 6.54 Å². The smallest absolute Gasteiger partial charge is 0.132 e. The molecule has 0 fully saturated rings. The standard InChI is InChI=1S/C15H20N4/c1-18(2)10-11-19(15-8-9-16-13-17-15)12-14-6-4-3-5-7-14/h3-9,13H,10-12H2,1-2H3. The molecule has 1 heterocycles. The Morgan fingerprint density at radius 3 is 2.42 bits per heavy atom. The second-order valence-corrected chi connectivity index (χ2v) is 4.78. The second-order valence-electron chi connectivity index (χ2n) is 4.78. The van der Waals surface area contributed by atoms with E-state index in [1.807, 2.05) is 12.1 Å². The number of aromatic nitrogens is 2. The van der Waals surface area contributed by atoms with E-state index in [9.17, 15) is 0 Å². The SMILES string of the molecule is CN(C)CCN(Cc1ccccc1)c1ccncn1. The third-order valence-corrected chi connectivity index (χ3v) is 2.92. The first-order chi connectivity index (χ1) is 9.25. The number of anilines is 1. The van der Waals surface area contributed by atoms with Crippen LogP contribution in [-0.4, -0.2) is 42.1 Å². The molecule has 4 heteroatoms. The van der Waals surface area contributed by atoms with Crippen molar-refractivity contribution in [2.24, 2.45) is 0 Å². The lowest BCUT2D eigenvalue weighted by molar-refractivity contribution is 0.412. The van der Waals surface area contributed by atoms with Crippen LogP contribution in [0.1, 0.15) is 5.56 Å². The molecule has 4 nitrogen and oxygen atoms in total. The molecule has 0 spiro atoms. The van der Waals surface area contributed by atoms with E-state index in [4.69, 9.17) is 0 Å². The summed E-state index contributed by atoms with van der Waals surface area (Å²) < 4.78 is 0. The molecule has 1 aromatic heterocycles. The van der Waals surface area contributed by atoms with Crippen LogP contribution in [0.4, 0.5) is 5.82 Å². The minimum Gasteiger partial charge on any atom is -0.351 e. The van der Waals surface area contributed by atoms with Crippen molar-refractivity contribution in [2.75, 3.05) is 32.1 Å². The monoisotopic (exact) mass is 256 g/mol. The highest BCUT2D eigenvalue weighted by Crippen LogP contribution is 2.13. The van der Waals surface area contributed by atoms with Crippen LogP contribution in [0, 0.1) is 0 Å². The summed E-state index contributed by atoms with van der Waals surface area (Å²) in [5.74, 6) is 0.973. The number of hydrogen-bond acceptors (Lipinski definition) is 4. The first-order valence-corrected chi connectivity index (χ1v) is 6.45. The molecule has 2 rings (SSSR count). The molecule has 0 saturated carbocycles. The number of rotatable bonds is 6. The van der Waals surface area contributed by atoms with Crippen molar-refractivity contribution in [3.63, 3.8) is 0 Å². The van der Waals surface area contributed by atoms with Gasteiger partial charge in [0.15, 0.2) is 0 Å². The van der Waals surface area contributed by atoms with Crippen LogP contribution in [0.15, 0.2) is 48.9 Å². The fraction of sp³-hybridized carbons (Fsp3) is 0.333. The van der Waals surface area contributed by atoms with Crippen LogP contribution in [0.25, 0.3) is 0 Å². The molecular weight excluding hydrogens is 236 g/mol. The van der Waals surface area contributed by atoms with E-state index in [-0.39, 0.29) is 0 Å². The average Bonchev–Trinajstić information content (AvgIpc) is 2.45. The summed E-state index contributed by atoms with van der Waals surface area (Å²) >= 11 is 0. The van der Waals surface area contributed by atoms with E-state index in [2.05, 4.69) is 58.1 Å². The molecule has 0 aliphatic rings. The van der Waals surface area contributed by atoms with Crippen LogP contribution in [0.5, 0.6) is 0 Å².